The average molecular weight is 491 g/mol. The molecule has 0 saturated heterocycles. The van der Waals surface area contributed by atoms with Gasteiger partial charge in [-0.15, -0.1) is 0 Å². The van der Waals surface area contributed by atoms with Gasteiger partial charge in [0.25, 0.3) is 0 Å². The smallest absolute Gasteiger partial charge is 0.326 e. The molecule has 33 heavy (non-hydrogen) atoms. The van der Waals surface area contributed by atoms with Crippen molar-refractivity contribution in [2.24, 2.45) is 17.6 Å². The number of nitrogens with two attached hydrogens (primary N) is 1. The Balaban J connectivity index is 5.44. The van der Waals surface area contributed by atoms with Crippen LogP contribution in [0.4, 0.5) is 0 Å². The lowest BCUT2D eigenvalue weighted by atomic mass is 9.99. The molecule has 0 aromatic carbocycles. The van der Waals surface area contributed by atoms with Crippen LogP contribution >= 0.6 is 11.8 Å². The molecular formula is C21H38N4O7S. The van der Waals surface area contributed by atoms with E-state index in [1.54, 1.807) is 13.8 Å². The Labute approximate surface area is 199 Å². The van der Waals surface area contributed by atoms with Gasteiger partial charge in [0.2, 0.25) is 17.7 Å². The van der Waals surface area contributed by atoms with Gasteiger partial charge in [-0.1, -0.05) is 27.7 Å². The van der Waals surface area contributed by atoms with Crippen molar-refractivity contribution in [3.05, 3.63) is 0 Å². The minimum atomic E-state index is -1.21. The van der Waals surface area contributed by atoms with E-state index in [1.807, 2.05) is 20.1 Å². The van der Waals surface area contributed by atoms with Gasteiger partial charge in [0.1, 0.15) is 18.1 Å². The fraction of sp³-hybridized carbons (Fsp3) is 0.762. The summed E-state index contributed by atoms with van der Waals surface area (Å²) >= 11 is 1.51. The molecule has 12 heteroatoms. The lowest BCUT2D eigenvalue weighted by Gasteiger charge is -2.27. The number of carboxylic acids is 2. The monoisotopic (exact) mass is 490 g/mol. The Kier molecular flexibility index (Phi) is 14.4. The topological polar surface area (TPSA) is 188 Å². The standard InChI is InChI=1S/C21H38N4O7S/c1-11(2)10-15(21(31)32)24-20(30)17(12(3)4)25-19(29)14(6-7-16(26)27)23-18(28)13(22)8-9-33-5/h11-15,17H,6-10,22H2,1-5H3,(H,23,28)(H,24,30)(H,25,29)(H,26,27)(H,31,32). The van der Waals surface area contributed by atoms with E-state index in [0.717, 1.165) is 0 Å². The zero-order valence-electron chi connectivity index (χ0n) is 19.9. The second-order valence-corrected chi connectivity index (χ2v) is 9.63. The summed E-state index contributed by atoms with van der Waals surface area (Å²) in [6.45, 7) is 6.99. The second kappa shape index (κ2) is 15.5. The Bertz CT molecular complexity index is 688. The highest BCUT2D eigenvalue weighted by atomic mass is 32.2. The van der Waals surface area contributed by atoms with Crippen LogP contribution in [0, 0.1) is 11.8 Å². The van der Waals surface area contributed by atoms with Crippen molar-refractivity contribution in [2.45, 2.75) is 77.5 Å². The Morgan fingerprint density at radius 1 is 0.848 bits per heavy atom. The van der Waals surface area contributed by atoms with E-state index in [4.69, 9.17) is 10.8 Å². The summed E-state index contributed by atoms with van der Waals surface area (Å²) < 4.78 is 0. The van der Waals surface area contributed by atoms with Crippen LogP contribution < -0.4 is 21.7 Å². The average Bonchev–Trinajstić information content (AvgIpc) is 2.71. The summed E-state index contributed by atoms with van der Waals surface area (Å²) in [4.78, 5) is 60.5. The predicted octanol–water partition coefficient (Wildman–Crippen LogP) is 0.173. The first-order valence-corrected chi connectivity index (χ1v) is 12.3. The van der Waals surface area contributed by atoms with E-state index in [0.29, 0.717) is 12.2 Å². The number of nitrogens with one attached hydrogen (secondary N) is 3. The Hall–Kier alpha value is -2.34. The van der Waals surface area contributed by atoms with Gasteiger partial charge in [0.05, 0.1) is 6.04 Å². The van der Waals surface area contributed by atoms with Gasteiger partial charge in [-0.3, -0.25) is 19.2 Å². The van der Waals surface area contributed by atoms with Gasteiger partial charge in [-0.2, -0.15) is 11.8 Å². The minimum absolute atomic E-state index is 0.0180. The van der Waals surface area contributed by atoms with Crippen LogP contribution in [0.2, 0.25) is 0 Å². The van der Waals surface area contributed by atoms with Gasteiger partial charge in [0, 0.05) is 6.42 Å². The zero-order chi connectivity index (χ0) is 25.7. The molecular weight excluding hydrogens is 452 g/mol. The van der Waals surface area contributed by atoms with Gasteiger partial charge < -0.3 is 31.9 Å². The molecule has 0 spiro atoms. The first-order valence-electron chi connectivity index (χ1n) is 10.9. The number of aliphatic carboxylic acids is 2. The third-order valence-electron chi connectivity index (χ3n) is 4.82. The molecule has 11 nitrogen and oxygen atoms in total. The van der Waals surface area contributed by atoms with E-state index < -0.39 is 59.7 Å². The number of carbonyl (C=O) groups is 5. The summed E-state index contributed by atoms with van der Waals surface area (Å²) in [6, 6.07) is -4.28. The van der Waals surface area contributed by atoms with Crippen LogP contribution in [0.1, 0.15) is 53.4 Å². The Morgan fingerprint density at radius 2 is 1.42 bits per heavy atom. The molecule has 3 amide bonds. The van der Waals surface area contributed by atoms with E-state index in [9.17, 15) is 29.1 Å². The molecule has 0 fully saturated rings. The van der Waals surface area contributed by atoms with Crippen molar-refractivity contribution >= 4 is 41.4 Å². The summed E-state index contributed by atoms with van der Waals surface area (Å²) in [5, 5.41) is 25.8. The maximum atomic E-state index is 12.9. The zero-order valence-corrected chi connectivity index (χ0v) is 20.7. The molecule has 0 aliphatic rings. The van der Waals surface area contributed by atoms with Crippen LogP contribution in [0.5, 0.6) is 0 Å². The third-order valence-corrected chi connectivity index (χ3v) is 5.46. The maximum Gasteiger partial charge on any atom is 0.326 e. The van der Waals surface area contributed by atoms with E-state index in [-0.39, 0.29) is 25.2 Å². The molecule has 0 radical (unpaired) electrons. The van der Waals surface area contributed by atoms with Gasteiger partial charge in [0.15, 0.2) is 0 Å². The van der Waals surface area contributed by atoms with Crippen LogP contribution in [-0.2, 0) is 24.0 Å². The molecule has 0 saturated carbocycles. The third kappa shape index (κ3) is 12.5. The lowest BCUT2D eigenvalue weighted by molar-refractivity contribution is -0.143. The first-order chi connectivity index (χ1) is 15.3. The van der Waals surface area contributed by atoms with E-state index in [2.05, 4.69) is 16.0 Å². The number of carbonyl (C=O) groups excluding carboxylic acids is 3. The number of hydrogen-bond acceptors (Lipinski definition) is 7. The summed E-state index contributed by atoms with van der Waals surface area (Å²) in [6.07, 6.45) is 1.88. The SMILES string of the molecule is CSCCC(N)C(=O)NC(CCC(=O)O)C(=O)NC(C(=O)NC(CC(C)C)C(=O)O)C(C)C. The fourth-order valence-electron chi connectivity index (χ4n) is 2.93. The van der Waals surface area contributed by atoms with Crippen molar-refractivity contribution in [1.82, 2.24) is 16.0 Å². The van der Waals surface area contributed by atoms with Crippen molar-refractivity contribution in [3.63, 3.8) is 0 Å². The van der Waals surface area contributed by atoms with E-state index in [1.165, 1.54) is 11.8 Å². The lowest BCUT2D eigenvalue weighted by Crippen LogP contribution is -2.58. The largest absolute Gasteiger partial charge is 0.481 e. The molecule has 0 bridgehead atoms. The molecule has 4 unspecified atom stereocenters. The quantitative estimate of drug-likeness (QED) is 0.175. The van der Waals surface area contributed by atoms with Crippen molar-refractivity contribution in [2.75, 3.05) is 12.0 Å². The molecule has 0 aromatic heterocycles. The molecule has 7 N–H and O–H groups in total. The highest BCUT2D eigenvalue weighted by Gasteiger charge is 2.32. The van der Waals surface area contributed by atoms with Crippen molar-refractivity contribution < 1.29 is 34.2 Å². The summed E-state index contributed by atoms with van der Waals surface area (Å²) in [5.74, 6) is -4.09. The number of hydrogen-bond donors (Lipinski definition) is 6. The molecule has 0 aliphatic heterocycles. The number of amides is 3. The minimum Gasteiger partial charge on any atom is -0.481 e. The van der Waals surface area contributed by atoms with Crippen LogP contribution in [0.3, 0.4) is 0 Å². The van der Waals surface area contributed by atoms with Gasteiger partial charge in [-0.05, 0) is 43.1 Å². The van der Waals surface area contributed by atoms with Crippen LogP contribution in [0.15, 0.2) is 0 Å². The number of carboxylic acid groups (broad SMARTS) is 2. The molecule has 190 valence electrons. The van der Waals surface area contributed by atoms with E-state index >= 15 is 0 Å². The highest BCUT2D eigenvalue weighted by molar-refractivity contribution is 7.98. The van der Waals surface area contributed by atoms with Gasteiger partial charge in [-0.25, -0.2) is 4.79 Å². The van der Waals surface area contributed by atoms with Crippen LogP contribution in [-0.4, -0.2) is 76.0 Å². The Morgan fingerprint density at radius 3 is 1.88 bits per heavy atom. The fourth-order valence-corrected chi connectivity index (χ4v) is 3.42. The van der Waals surface area contributed by atoms with Gasteiger partial charge >= 0.3 is 11.9 Å². The summed E-state index contributed by atoms with van der Waals surface area (Å²) in [5.41, 5.74) is 5.84. The highest BCUT2D eigenvalue weighted by Crippen LogP contribution is 2.09. The van der Waals surface area contributed by atoms with Crippen molar-refractivity contribution in [1.29, 1.82) is 0 Å². The molecule has 4 atom stereocenters. The number of rotatable bonds is 16. The molecule has 0 heterocycles. The van der Waals surface area contributed by atoms with Crippen LogP contribution in [0.25, 0.3) is 0 Å². The first kappa shape index (κ1) is 30.7. The maximum absolute atomic E-state index is 12.9. The second-order valence-electron chi connectivity index (χ2n) is 8.64. The summed E-state index contributed by atoms with van der Waals surface area (Å²) in [7, 11) is 0. The molecule has 0 aliphatic carbocycles. The predicted molar refractivity (Wildman–Crippen MR) is 126 cm³/mol. The molecule has 0 aromatic rings. The van der Waals surface area contributed by atoms with Crippen molar-refractivity contribution in [3.8, 4) is 0 Å². The normalized spacial score (nSPS) is 14.8. The molecule has 0 rings (SSSR count). The number of thioether (sulfide) groups is 1.